The molecule has 0 spiro atoms. The number of halogens is 1. The van der Waals surface area contributed by atoms with E-state index < -0.39 is 11.9 Å². The first-order valence-corrected chi connectivity index (χ1v) is 8.25. The maximum Gasteiger partial charge on any atom is 0.241 e. The second kappa shape index (κ2) is 7.27. The second-order valence-electron chi connectivity index (χ2n) is 6.21. The number of benzene rings is 1. The van der Waals surface area contributed by atoms with Crippen molar-refractivity contribution in [2.75, 3.05) is 30.4 Å². The lowest BCUT2D eigenvalue weighted by molar-refractivity contribution is -0.119. The Hall–Kier alpha value is -1.99. The lowest BCUT2D eigenvalue weighted by Gasteiger charge is -2.27. The topological polar surface area (TPSA) is 70.7 Å². The molecule has 0 saturated carbocycles. The van der Waals surface area contributed by atoms with Gasteiger partial charge in [0.05, 0.1) is 17.8 Å². The molecule has 1 aromatic carbocycles. The van der Waals surface area contributed by atoms with Crippen molar-refractivity contribution in [1.29, 1.82) is 0 Å². The van der Waals surface area contributed by atoms with E-state index in [1.165, 1.54) is 12.1 Å². The van der Waals surface area contributed by atoms with Crippen molar-refractivity contribution in [3.8, 4) is 0 Å². The first-order chi connectivity index (χ1) is 11.6. The number of hydrogen-bond donors (Lipinski definition) is 2. The van der Waals surface area contributed by atoms with Gasteiger partial charge >= 0.3 is 0 Å². The van der Waals surface area contributed by atoms with Crippen LogP contribution in [0.1, 0.15) is 25.7 Å². The molecule has 0 unspecified atom stereocenters. The Morgan fingerprint density at radius 1 is 1.42 bits per heavy atom. The zero-order valence-electron chi connectivity index (χ0n) is 13.7. The molecule has 7 heteroatoms. The van der Waals surface area contributed by atoms with Gasteiger partial charge in [0.1, 0.15) is 5.82 Å². The Morgan fingerprint density at radius 2 is 2.25 bits per heavy atom. The minimum absolute atomic E-state index is 0.00177. The van der Waals surface area contributed by atoms with Crippen LogP contribution in [-0.4, -0.2) is 44.2 Å². The van der Waals surface area contributed by atoms with E-state index in [0.717, 1.165) is 12.8 Å². The van der Waals surface area contributed by atoms with Crippen molar-refractivity contribution in [2.45, 2.75) is 37.8 Å². The summed E-state index contributed by atoms with van der Waals surface area (Å²) >= 11 is 0. The molecule has 0 bridgehead atoms. The number of nitrogens with one attached hydrogen (secondary N) is 2. The summed E-state index contributed by atoms with van der Waals surface area (Å²) in [7, 11) is 1.60. The monoisotopic (exact) mass is 335 g/mol. The minimum Gasteiger partial charge on any atom is -0.380 e. The van der Waals surface area contributed by atoms with Crippen LogP contribution < -0.4 is 15.5 Å². The molecule has 2 fully saturated rings. The maximum atomic E-state index is 14.3. The average Bonchev–Trinajstić information content (AvgIpc) is 3.06. The van der Waals surface area contributed by atoms with Gasteiger partial charge in [-0.3, -0.25) is 9.59 Å². The molecule has 130 valence electrons. The number of methoxy groups -OCH3 is 1. The van der Waals surface area contributed by atoms with Gasteiger partial charge in [-0.25, -0.2) is 4.39 Å². The van der Waals surface area contributed by atoms with E-state index in [1.807, 2.05) is 0 Å². The Kier molecular flexibility index (Phi) is 5.11. The number of amides is 2. The number of hydrogen-bond acceptors (Lipinski definition) is 4. The lowest BCUT2D eigenvalue weighted by Crippen LogP contribution is -2.36. The van der Waals surface area contributed by atoms with E-state index in [9.17, 15) is 14.0 Å². The molecule has 2 saturated heterocycles. The second-order valence-corrected chi connectivity index (χ2v) is 6.21. The van der Waals surface area contributed by atoms with Gasteiger partial charge in [-0.15, -0.1) is 0 Å². The fourth-order valence-corrected chi connectivity index (χ4v) is 3.15. The first-order valence-electron chi connectivity index (χ1n) is 8.25. The van der Waals surface area contributed by atoms with Crippen LogP contribution in [0.25, 0.3) is 0 Å². The fourth-order valence-electron chi connectivity index (χ4n) is 3.15. The van der Waals surface area contributed by atoms with Gasteiger partial charge in [0.25, 0.3) is 0 Å². The molecule has 2 aliphatic heterocycles. The summed E-state index contributed by atoms with van der Waals surface area (Å²) in [6.07, 6.45) is 2.85. The van der Waals surface area contributed by atoms with E-state index >= 15 is 0 Å². The van der Waals surface area contributed by atoms with Crippen LogP contribution in [0, 0.1) is 5.82 Å². The Labute approximate surface area is 140 Å². The first kappa shape index (κ1) is 16.9. The summed E-state index contributed by atoms with van der Waals surface area (Å²) < 4.78 is 19.5. The predicted octanol–water partition coefficient (Wildman–Crippen LogP) is 1.66. The average molecular weight is 335 g/mol. The van der Waals surface area contributed by atoms with Crippen LogP contribution in [0.4, 0.5) is 15.8 Å². The van der Waals surface area contributed by atoms with E-state index in [2.05, 4.69) is 10.6 Å². The molecule has 0 radical (unpaired) electrons. The van der Waals surface area contributed by atoms with Crippen LogP contribution >= 0.6 is 0 Å². The molecule has 0 aromatic heterocycles. The minimum atomic E-state index is -0.541. The molecule has 2 N–H and O–H groups in total. The van der Waals surface area contributed by atoms with Crippen molar-refractivity contribution >= 4 is 23.2 Å². The summed E-state index contributed by atoms with van der Waals surface area (Å²) in [6, 6.07) is 4.09. The number of piperidine rings is 1. The van der Waals surface area contributed by atoms with Crippen molar-refractivity contribution in [1.82, 2.24) is 5.32 Å². The smallest absolute Gasteiger partial charge is 0.241 e. The Balaban J connectivity index is 1.66. The molecule has 3 rings (SSSR count). The van der Waals surface area contributed by atoms with Crippen molar-refractivity contribution in [2.24, 2.45) is 0 Å². The molecule has 2 aliphatic rings. The largest absolute Gasteiger partial charge is 0.380 e. The van der Waals surface area contributed by atoms with Gasteiger partial charge in [0.15, 0.2) is 0 Å². The molecule has 24 heavy (non-hydrogen) atoms. The standard InChI is InChI=1S/C17H22FN3O3/c1-24-12-9-15(19-10-12)17(23)20-14-6-5-11(8-13(14)18)21-7-3-2-4-16(21)22/h5-6,8,12,15,19H,2-4,7,9-10H2,1H3,(H,20,23)/t12-,15-/m1/s1. The van der Waals surface area contributed by atoms with E-state index in [4.69, 9.17) is 4.74 Å². The van der Waals surface area contributed by atoms with E-state index in [0.29, 0.717) is 31.6 Å². The van der Waals surface area contributed by atoms with Crippen LogP contribution in [0.15, 0.2) is 18.2 Å². The highest BCUT2D eigenvalue weighted by Crippen LogP contribution is 2.25. The molecule has 2 amide bonds. The van der Waals surface area contributed by atoms with Gasteiger partial charge in [0.2, 0.25) is 11.8 Å². The van der Waals surface area contributed by atoms with Crippen LogP contribution in [0.5, 0.6) is 0 Å². The van der Waals surface area contributed by atoms with Crippen LogP contribution in [0.3, 0.4) is 0 Å². The molecule has 0 aliphatic carbocycles. The summed E-state index contributed by atoms with van der Waals surface area (Å²) in [5, 5.41) is 5.66. The SMILES string of the molecule is CO[C@H]1CN[C@@H](C(=O)Nc2ccc(N3CCCCC3=O)cc2F)C1. The van der Waals surface area contributed by atoms with Gasteiger partial charge in [-0.2, -0.15) is 0 Å². The molecular weight excluding hydrogens is 313 g/mol. The normalized spacial score (nSPS) is 24.2. The molecule has 6 nitrogen and oxygen atoms in total. The third-order valence-corrected chi connectivity index (χ3v) is 4.59. The summed E-state index contributed by atoms with van der Waals surface area (Å²) in [4.78, 5) is 25.7. The highest BCUT2D eigenvalue weighted by molar-refractivity contribution is 5.96. The van der Waals surface area contributed by atoms with Crippen molar-refractivity contribution < 1.29 is 18.7 Å². The number of carbonyl (C=O) groups is 2. The van der Waals surface area contributed by atoms with Gasteiger partial charge in [-0.05, 0) is 37.5 Å². The number of ether oxygens (including phenoxy) is 1. The number of anilines is 2. The fraction of sp³-hybridized carbons (Fsp3) is 0.529. The highest BCUT2D eigenvalue weighted by Gasteiger charge is 2.29. The van der Waals surface area contributed by atoms with E-state index in [1.54, 1.807) is 18.1 Å². The molecule has 2 atom stereocenters. The molecule has 2 heterocycles. The summed E-state index contributed by atoms with van der Waals surface area (Å²) in [6.45, 7) is 1.21. The number of rotatable bonds is 4. The third-order valence-electron chi connectivity index (χ3n) is 4.59. The summed E-state index contributed by atoms with van der Waals surface area (Å²) in [5.74, 6) is -0.811. The van der Waals surface area contributed by atoms with Crippen molar-refractivity contribution in [3.05, 3.63) is 24.0 Å². The highest BCUT2D eigenvalue weighted by atomic mass is 19.1. The predicted molar refractivity (Wildman–Crippen MR) is 88.4 cm³/mol. The Bertz CT molecular complexity index is 638. The maximum absolute atomic E-state index is 14.3. The lowest BCUT2D eigenvalue weighted by atomic mass is 10.1. The molecule has 1 aromatic rings. The zero-order chi connectivity index (χ0) is 17.1. The van der Waals surface area contributed by atoms with Gasteiger partial charge in [0, 0.05) is 32.3 Å². The van der Waals surface area contributed by atoms with Gasteiger partial charge in [-0.1, -0.05) is 0 Å². The summed E-state index contributed by atoms with van der Waals surface area (Å²) in [5.41, 5.74) is 0.657. The van der Waals surface area contributed by atoms with Crippen LogP contribution in [0.2, 0.25) is 0 Å². The number of nitrogens with zero attached hydrogens (tertiary/aromatic N) is 1. The quantitative estimate of drug-likeness (QED) is 0.878. The zero-order valence-corrected chi connectivity index (χ0v) is 13.7. The molecular formula is C17H22FN3O3. The van der Waals surface area contributed by atoms with Gasteiger partial charge < -0.3 is 20.3 Å². The van der Waals surface area contributed by atoms with Crippen LogP contribution in [-0.2, 0) is 14.3 Å². The number of carbonyl (C=O) groups excluding carboxylic acids is 2. The third kappa shape index (κ3) is 3.57. The van der Waals surface area contributed by atoms with Crippen molar-refractivity contribution in [3.63, 3.8) is 0 Å². The van der Waals surface area contributed by atoms with E-state index in [-0.39, 0.29) is 23.6 Å². The Morgan fingerprint density at radius 3 is 2.92 bits per heavy atom.